The number of hydrogen-bond acceptors (Lipinski definition) is 4. The maximum Gasteiger partial charge on any atom is 0.157 e. The molecule has 1 aromatic rings. The average Bonchev–Trinajstić information content (AvgIpc) is 3.34. The molecule has 1 unspecified atom stereocenters. The fourth-order valence-electron chi connectivity index (χ4n) is 8.40. The number of aliphatic hydroxyl groups is 1. The summed E-state index contributed by atoms with van der Waals surface area (Å²) in [4.78, 5) is 13.1. The van der Waals surface area contributed by atoms with Crippen molar-refractivity contribution in [2.75, 3.05) is 0 Å². The fraction of sp³-hybridized carbons (Fsp3) is 0.875. The summed E-state index contributed by atoms with van der Waals surface area (Å²) < 4.78 is 1.69. The predicted octanol–water partition coefficient (Wildman–Crippen LogP) is 4.26. The molecular weight excluding hydrogens is 362 g/mol. The zero-order chi connectivity index (χ0) is 20.2. The summed E-state index contributed by atoms with van der Waals surface area (Å²) >= 11 is 0. The molecule has 4 fully saturated rings. The Balaban J connectivity index is 1.31. The fourth-order valence-corrected chi connectivity index (χ4v) is 8.40. The van der Waals surface area contributed by atoms with Crippen LogP contribution in [0.4, 0.5) is 0 Å². The van der Waals surface area contributed by atoms with Crippen molar-refractivity contribution in [2.45, 2.75) is 90.2 Å². The number of carbonyl (C=O) groups excluding carboxylic acids is 1. The first-order chi connectivity index (χ1) is 13.9. The smallest absolute Gasteiger partial charge is 0.157 e. The second-order valence-electron chi connectivity index (χ2n) is 11.0. The molecule has 160 valence electrons. The van der Waals surface area contributed by atoms with Crippen LogP contribution in [-0.4, -0.2) is 31.5 Å². The summed E-state index contributed by atoms with van der Waals surface area (Å²) in [7, 11) is 0. The Morgan fingerprint density at radius 2 is 1.93 bits per heavy atom. The van der Waals surface area contributed by atoms with Crippen LogP contribution in [0.5, 0.6) is 0 Å². The van der Waals surface area contributed by atoms with E-state index in [1.807, 2.05) is 0 Å². The zero-order valence-corrected chi connectivity index (χ0v) is 18.1. The van der Waals surface area contributed by atoms with Crippen molar-refractivity contribution < 1.29 is 9.90 Å². The number of hydrogen-bond donors (Lipinski definition) is 1. The molecular formula is C24H37N3O2. The van der Waals surface area contributed by atoms with Gasteiger partial charge in [-0.05, 0) is 99.2 Å². The SMILES string of the molecule is CC[C@@]1(O)CC[C@H]2C(CC[C@@H]3[C@@H]2CC[C@]2(C)[C@@H](C(=O)Cn4ccnn4)CC[C@@H]32)C1. The number of nitrogens with zero attached hydrogens (tertiary/aromatic N) is 3. The molecule has 0 spiro atoms. The number of aromatic nitrogens is 3. The van der Waals surface area contributed by atoms with E-state index in [0.29, 0.717) is 18.2 Å². The van der Waals surface area contributed by atoms with Gasteiger partial charge in [-0.1, -0.05) is 19.1 Å². The molecule has 29 heavy (non-hydrogen) atoms. The van der Waals surface area contributed by atoms with E-state index >= 15 is 0 Å². The predicted molar refractivity (Wildman–Crippen MR) is 111 cm³/mol. The first-order valence-electron chi connectivity index (χ1n) is 12.0. The highest BCUT2D eigenvalue weighted by atomic mass is 16.3. The average molecular weight is 400 g/mol. The Morgan fingerprint density at radius 3 is 2.69 bits per heavy atom. The molecule has 5 heteroatoms. The Hall–Kier alpha value is -1.23. The van der Waals surface area contributed by atoms with Gasteiger partial charge in [-0.15, -0.1) is 5.10 Å². The molecule has 8 atom stereocenters. The maximum absolute atomic E-state index is 13.1. The van der Waals surface area contributed by atoms with E-state index in [1.54, 1.807) is 17.1 Å². The van der Waals surface area contributed by atoms with Crippen molar-refractivity contribution in [1.82, 2.24) is 15.0 Å². The van der Waals surface area contributed by atoms with Crippen LogP contribution >= 0.6 is 0 Å². The topological polar surface area (TPSA) is 68.0 Å². The third kappa shape index (κ3) is 3.19. The number of ketones is 1. The van der Waals surface area contributed by atoms with Crippen molar-refractivity contribution in [3.63, 3.8) is 0 Å². The number of Topliss-reactive ketones (excluding diaryl/α,β-unsaturated/α-hetero) is 1. The van der Waals surface area contributed by atoms with Crippen LogP contribution in [0.15, 0.2) is 12.4 Å². The van der Waals surface area contributed by atoms with Gasteiger partial charge in [0.2, 0.25) is 0 Å². The van der Waals surface area contributed by atoms with Gasteiger partial charge in [0.25, 0.3) is 0 Å². The number of carbonyl (C=O) groups is 1. The van der Waals surface area contributed by atoms with E-state index in [-0.39, 0.29) is 11.3 Å². The third-order valence-corrected chi connectivity index (χ3v) is 9.94. The van der Waals surface area contributed by atoms with E-state index in [0.717, 1.165) is 49.4 Å². The molecule has 4 aliphatic carbocycles. The van der Waals surface area contributed by atoms with E-state index in [2.05, 4.69) is 24.2 Å². The highest BCUT2D eigenvalue weighted by Crippen LogP contribution is 2.64. The molecule has 0 aromatic carbocycles. The van der Waals surface area contributed by atoms with Crippen LogP contribution in [0, 0.1) is 40.9 Å². The van der Waals surface area contributed by atoms with Gasteiger partial charge in [0.15, 0.2) is 5.78 Å². The van der Waals surface area contributed by atoms with Gasteiger partial charge in [-0.25, -0.2) is 4.68 Å². The highest BCUT2D eigenvalue weighted by molar-refractivity contribution is 5.82. The summed E-state index contributed by atoms with van der Waals surface area (Å²) in [6.45, 7) is 4.95. The largest absolute Gasteiger partial charge is 0.390 e. The van der Waals surface area contributed by atoms with Crippen LogP contribution in [0.1, 0.15) is 78.1 Å². The lowest BCUT2D eigenvalue weighted by Crippen LogP contribution is -2.51. The highest BCUT2D eigenvalue weighted by Gasteiger charge is 2.58. The molecule has 4 saturated carbocycles. The Labute approximate surface area is 174 Å². The second-order valence-corrected chi connectivity index (χ2v) is 11.0. The van der Waals surface area contributed by atoms with Crippen molar-refractivity contribution in [2.24, 2.45) is 40.9 Å². The van der Waals surface area contributed by atoms with Gasteiger partial charge in [0.05, 0.1) is 11.8 Å². The molecule has 1 aromatic heterocycles. The van der Waals surface area contributed by atoms with E-state index in [9.17, 15) is 9.90 Å². The van der Waals surface area contributed by atoms with E-state index < -0.39 is 5.60 Å². The molecule has 0 aliphatic heterocycles. The minimum absolute atomic E-state index is 0.171. The summed E-state index contributed by atoms with van der Waals surface area (Å²) in [5.41, 5.74) is -0.228. The second kappa shape index (κ2) is 7.18. The van der Waals surface area contributed by atoms with Crippen molar-refractivity contribution in [3.05, 3.63) is 12.4 Å². The first-order valence-corrected chi connectivity index (χ1v) is 12.0. The minimum Gasteiger partial charge on any atom is -0.390 e. The quantitative estimate of drug-likeness (QED) is 0.821. The van der Waals surface area contributed by atoms with Gasteiger partial charge in [0.1, 0.15) is 6.54 Å². The van der Waals surface area contributed by atoms with Gasteiger partial charge in [-0.2, -0.15) is 0 Å². The van der Waals surface area contributed by atoms with Crippen molar-refractivity contribution in [3.8, 4) is 0 Å². The van der Waals surface area contributed by atoms with Crippen LogP contribution in [-0.2, 0) is 11.3 Å². The number of rotatable bonds is 4. The van der Waals surface area contributed by atoms with Crippen molar-refractivity contribution in [1.29, 1.82) is 0 Å². The van der Waals surface area contributed by atoms with Crippen LogP contribution < -0.4 is 0 Å². The Bertz CT molecular complexity index is 749. The van der Waals surface area contributed by atoms with E-state index in [1.165, 1.54) is 38.5 Å². The first kappa shape index (κ1) is 19.7. The van der Waals surface area contributed by atoms with Crippen LogP contribution in [0.25, 0.3) is 0 Å². The summed E-state index contributed by atoms with van der Waals surface area (Å²) in [6.07, 6.45) is 15.0. The van der Waals surface area contributed by atoms with E-state index in [4.69, 9.17) is 0 Å². The molecule has 0 radical (unpaired) electrons. The molecule has 0 saturated heterocycles. The molecule has 0 bridgehead atoms. The van der Waals surface area contributed by atoms with Gasteiger partial charge >= 0.3 is 0 Å². The standard InChI is InChI=1S/C24H37N3O2/c1-3-24(29)11-9-17-16(14-24)4-5-19-18(17)8-10-23(2)20(19)6-7-21(23)22(28)15-27-13-12-25-26-27/h12-13,16-21,29H,3-11,14-15H2,1-2H3/t16?,17-,18+,19+,20-,21+,23-,24+/m0/s1. The van der Waals surface area contributed by atoms with Gasteiger partial charge in [-0.3, -0.25) is 4.79 Å². The lowest BCUT2D eigenvalue weighted by Gasteiger charge is -2.57. The molecule has 1 N–H and O–H groups in total. The number of fused-ring (bicyclic) bond motifs is 5. The Kier molecular flexibility index (Phi) is 4.88. The molecule has 5 nitrogen and oxygen atoms in total. The minimum atomic E-state index is -0.399. The molecule has 4 aliphatic rings. The third-order valence-electron chi connectivity index (χ3n) is 9.94. The normalized spacial score (nSPS) is 46.6. The summed E-state index contributed by atoms with van der Waals surface area (Å²) in [5.74, 6) is 4.42. The monoisotopic (exact) mass is 399 g/mol. The van der Waals surface area contributed by atoms with Crippen molar-refractivity contribution >= 4 is 5.78 Å². The lowest BCUT2D eigenvalue weighted by molar-refractivity contribution is -0.133. The Morgan fingerprint density at radius 1 is 1.10 bits per heavy atom. The maximum atomic E-state index is 13.1. The van der Waals surface area contributed by atoms with Gasteiger partial charge in [0, 0.05) is 12.1 Å². The summed E-state index contributed by atoms with van der Waals surface area (Å²) in [5, 5.41) is 18.7. The summed E-state index contributed by atoms with van der Waals surface area (Å²) in [6, 6.07) is 0. The van der Waals surface area contributed by atoms with Gasteiger partial charge < -0.3 is 5.11 Å². The lowest BCUT2D eigenvalue weighted by atomic mass is 9.48. The van der Waals surface area contributed by atoms with Crippen LogP contribution in [0.2, 0.25) is 0 Å². The zero-order valence-electron chi connectivity index (χ0n) is 18.1. The molecule has 1 heterocycles. The molecule has 5 rings (SSSR count). The molecule has 0 amide bonds. The van der Waals surface area contributed by atoms with Crippen LogP contribution in [0.3, 0.4) is 0 Å².